The Morgan fingerprint density at radius 3 is 2.78 bits per heavy atom. The maximum absolute atomic E-state index is 11.7. The highest BCUT2D eigenvalue weighted by Gasteiger charge is 2.22. The Morgan fingerprint density at radius 1 is 1.39 bits per heavy atom. The minimum absolute atomic E-state index is 0.338. The summed E-state index contributed by atoms with van der Waals surface area (Å²) in [6.45, 7) is 4.67. The highest BCUT2D eigenvalue weighted by molar-refractivity contribution is 5.21. The van der Waals surface area contributed by atoms with Gasteiger partial charge >= 0.3 is 11.3 Å². The molecule has 1 heterocycles. The molecular weight excluding hydrogens is 230 g/mol. The Hall–Kier alpha value is -1.88. The van der Waals surface area contributed by atoms with E-state index in [4.69, 9.17) is 4.52 Å². The molecule has 1 aromatic heterocycles. The number of rotatable bonds is 5. The normalized spacial score (nSPS) is 12.6. The van der Waals surface area contributed by atoms with Gasteiger partial charge in [-0.25, -0.2) is 4.79 Å². The van der Waals surface area contributed by atoms with Crippen molar-refractivity contribution in [1.29, 1.82) is 0 Å². The number of hydrogen-bond donors (Lipinski definition) is 2. The largest absolute Gasteiger partial charge is 0.431 e. The smallest absolute Gasteiger partial charge is 0.305 e. The maximum atomic E-state index is 11.7. The third-order valence-electron chi connectivity index (χ3n) is 2.98. The number of benzene rings is 1. The van der Waals surface area contributed by atoms with Crippen LogP contribution in [0.15, 0.2) is 39.6 Å². The number of aromatic amines is 1. The average Bonchev–Trinajstić information content (AvgIpc) is 2.78. The molecule has 18 heavy (non-hydrogen) atoms. The van der Waals surface area contributed by atoms with Crippen molar-refractivity contribution >= 4 is 0 Å². The summed E-state index contributed by atoms with van der Waals surface area (Å²) in [7, 11) is 0. The van der Waals surface area contributed by atoms with E-state index < -0.39 is 0 Å². The lowest BCUT2D eigenvalue weighted by Crippen LogP contribution is -2.42. The molecule has 0 radical (unpaired) electrons. The SMILES string of the molecule is CCC(C)NCc1c(=O)o[nH][n+]1-c1ccccc1. The van der Waals surface area contributed by atoms with Crippen LogP contribution in [0.2, 0.25) is 0 Å². The standard InChI is InChI=1S/C13H17N3O2/c1-3-10(2)14-9-12-13(17)18-15-16(12)11-7-5-4-6-8-11/h4-8,10,14H,3,9H2,1-2H3/p+1. The molecule has 0 bridgehead atoms. The molecule has 1 atom stereocenters. The van der Waals surface area contributed by atoms with E-state index >= 15 is 0 Å². The van der Waals surface area contributed by atoms with Crippen LogP contribution in [-0.2, 0) is 6.54 Å². The molecule has 1 unspecified atom stereocenters. The number of aromatic nitrogens is 2. The van der Waals surface area contributed by atoms with Gasteiger partial charge in [0, 0.05) is 18.2 Å². The van der Waals surface area contributed by atoms with E-state index in [1.165, 1.54) is 0 Å². The summed E-state index contributed by atoms with van der Waals surface area (Å²) in [6, 6.07) is 9.96. The Bertz CT molecular complexity index is 545. The zero-order valence-electron chi connectivity index (χ0n) is 10.6. The van der Waals surface area contributed by atoms with E-state index in [2.05, 4.69) is 24.4 Å². The summed E-state index contributed by atoms with van der Waals surface area (Å²) in [5, 5.41) is 5.91. The van der Waals surface area contributed by atoms with Crippen LogP contribution in [0.5, 0.6) is 0 Å². The van der Waals surface area contributed by atoms with E-state index in [1.807, 2.05) is 30.3 Å². The Morgan fingerprint density at radius 2 is 2.11 bits per heavy atom. The topological polar surface area (TPSA) is 61.9 Å². The van der Waals surface area contributed by atoms with Crippen molar-refractivity contribution < 1.29 is 9.20 Å². The van der Waals surface area contributed by atoms with Gasteiger partial charge in [-0.05, 0) is 23.3 Å². The fraction of sp³-hybridized carbons (Fsp3) is 0.385. The van der Waals surface area contributed by atoms with E-state index in [-0.39, 0.29) is 5.63 Å². The van der Waals surface area contributed by atoms with Gasteiger partial charge in [0.2, 0.25) is 5.69 Å². The number of H-pyrrole nitrogens is 1. The van der Waals surface area contributed by atoms with E-state index in [0.717, 1.165) is 12.1 Å². The molecule has 0 saturated heterocycles. The molecule has 2 rings (SSSR count). The van der Waals surface area contributed by atoms with Crippen LogP contribution in [0.3, 0.4) is 0 Å². The zero-order valence-corrected chi connectivity index (χ0v) is 10.6. The quantitative estimate of drug-likeness (QED) is 0.780. The first kappa shape index (κ1) is 12.6. The van der Waals surface area contributed by atoms with Gasteiger partial charge in [0.1, 0.15) is 0 Å². The first-order valence-electron chi connectivity index (χ1n) is 6.13. The fourth-order valence-corrected chi connectivity index (χ4v) is 1.64. The summed E-state index contributed by atoms with van der Waals surface area (Å²) >= 11 is 0. The van der Waals surface area contributed by atoms with Crippen LogP contribution in [0.4, 0.5) is 0 Å². The summed E-state index contributed by atoms with van der Waals surface area (Å²) < 4.78 is 6.52. The van der Waals surface area contributed by atoms with Crippen LogP contribution in [0.1, 0.15) is 26.0 Å². The van der Waals surface area contributed by atoms with Crippen molar-refractivity contribution in [3.8, 4) is 5.69 Å². The summed E-state index contributed by atoms with van der Waals surface area (Å²) in [5.74, 6) is 0. The van der Waals surface area contributed by atoms with Crippen molar-refractivity contribution in [3.63, 3.8) is 0 Å². The third-order valence-corrected chi connectivity index (χ3v) is 2.98. The number of para-hydroxylation sites is 1. The summed E-state index contributed by atoms with van der Waals surface area (Å²) in [5.41, 5.74) is 1.11. The lowest BCUT2D eigenvalue weighted by molar-refractivity contribution is -0.677. The van der Waals surface area contributed by atoms with Crippen LogP contribution >= 0.6 is 0 Å². The van der Waals surface area contributed by atoms with Crippen LogP contribution in [0, 0.1) is 0 Å². The van der Waals surface area contributed by atoms with Crippen molar-refractivity contribution in [3.05, 3.63) is 46.4 Å². The second kappa shape index (κ2) is 5.64. The number of nitrogens with zero attached hydrogens (tertiary/aromatic N) is 1. The molecule has 0 fully saturated rings. The van der Waals surface area contributed by atoms with Crippen LogP contribution in [0.25, 0.3) is 5.69 Å². The highest BCUT2D eigenvalue weighted by atomic mass is 16.5. The van der Waals surface area contributed by atoms with Crippen molar-refractivity contribution in [2.45, 2.75) is 32.9 Å². The third kappa shape index (κ3) is 2.68. The van der Waals surface area contributed by atoms with Crippen molar-refractivity contribution in [1.82, 2.24) is 10.6 Å². The molecule has 0 spiro atoms. The molecule has 0 saturated carbocycles. The molecule has 5 nitrogen and oxygen atoms in total. The second-order valence-electron chi connectivity index (χ2n) is 4.29. The van der Waals surface area contributed by atoms with Gasteiger partial charge in [-0.3, -0.25) is 4.52 Å². The molecule has 0 aliphatic heterocycles. The molecule has 5 heteroatoms. The van der Waals surface area contributed by atoms with Gasteiger partial charge in [-0.2, -0.15) is 0 Å². The van der Waals surface area contributed by atoms with E-state index in [0.29, 0.717) is 18.3 Å². The first-order chi connectivity index (χ1) is 8.72. The maximum Gasteiger partial charge on any atom is 0.431 e. The summed E-state index contributed by atoms with van der Waals surface area (Å²) in [4.78, 5) is 11.7. The molecule has 0 aliphatic carbocycles. The number of nitrogens with one attached hydrogen (secondary N) is 2. The van der Waals surface area contributed by atoms with E-state index in [1.54, 1.807) is 4.68 Å². The monoisotopic (exact) mass is 248 g/mol. The highest BCUT2D eigenvalue weighted by Crippen LogP contribution is 1.98. The Balaban J connectivity index is 2.25. The van der Waals surface area contributed by atoms with Gasteiger partial charge < -0.3 is 5.32 Å². The molecule has 0 amide bonds. The molecule has 1 aromatic carbocycles. The van der Waals surface area contributed by atoms with Gasteiger partial charge in [-0.15, -0.1) is 0 Å². The molecular formula is C13H18N3O2+. The minimum atomic E-state index is -0.338. The molecule has 2 aromatic rings. The van der Waals surface area contributed by atoms with Gasteiger partial charge in [0.05, 0.1) is 6.54 Å². The average molecular weight is 248 g/mol. The van der Waals surface area contributed by atoms with Gasteiger partial charge in [-0.1, -0.05) is 25.1 Å². The van der Waals surface area contributed by atoms with Crippen molar-refractivity contribution in [2.24, 2.45) is 0 Å². The number of hydrogen-bond acceptors (Lipinski definition) is 3. The van der Waals surface area contributed by atoms with Gasteiger partial charge in [0.25, 0.3) is 0 Å². The lowest BCUT2D eigenvalue weighted by Gasteiger charge is -2.07. The Kier molecular flexibility index (Phi) is 3.94. The Labute approximate surface area is 105 Å². The van der Waals surface area contributed by atoms with Crippen LogP contribution < -0.4 is 15.6 Å². The predicted octanol–water partition coefficient (Wildman–Crippen LogP) is 1.13. The first-order valence-corrected chi connectivity index (χ1v) is 6.13. The molecule has 0 aliphatic rings. The summed E-state index contributed by atoms with van der Waals surface area (Å²) in [6.07, 6.45) is 1.01. The van der Waals surface area contributed by atoms with Crippen LogP contribution in [-0.4, -0.2) is 11.3 Å². The van der Waals surface area contributed by atoms with Crippen molar-refractivity contribution in [2.75, 3.05) is 0 Å². The van der Waals surface area contributed by atoms with E-state index in [9.17, 15) is 4.79 Å². The molecule has 2 N–H and O–H groups in total. The fourth-order valence-electron chi connectivity index (χ4n) is 1.64. The predicted molar refractivity (Wildman–Crippen MR) is 67.5 cm³/mol. The minimum Gasteiger partial charge on any atom is -0.305 e. The van der Waals surface area contributed by atoms with Gasteiger partial charge in [0.15, 0.2) is 0 Å². The second-order valence-corrected chi connectivity index (χ2v) is 4.29. The molecule has 96 valence electrons. The zero-order chi connectivity index (χ0) is 13.0. The lowest BCUT2D eigenvalue weighted by atomic mass is 10.2.